The number of hydrogen-bond donors (Lipinski definition) is 0. The molecule has 1 rings (SSSR count). The van der Waals surface area contributed by atoms with Crippen molar-refractivity contribution in [3.05, 3.63) is 11.6 Å². The second kappa shape index (κ2) is 4.47. The van der Waals surface area contributed by atoms with Crippen LogP contribution in [0.3, 0.4) is 0 Å². The zero-order chi connectivity index (χ0) is 11.6. The Morgan fingerprint density at radius 3 is 2.60 bits per heavy atom. The fraction of sp³-hybridized carbons (Fsp3) is 0.636. The fourth-order valence-corrected chi connectivity index (χ4v) is 1.74. The molecule has 0 amide bonds. The van der Waals surface area contributed by atoms with E-state index in [1.54, 1.807) is 6.92 Å². The summed E-state index contributed by atoms with van der Waals surface area (Å²) in [6.45, 7) is 5.57. The molecule has 0 aromatic rings. The third-order valence-corrected chi connectivity index (χ3v) is 2.53. The van der Waals surface area contributed by atoms with Crippen LogP contribution < -0.4 is 0 Å². The third-order valence-electron chi connectivity index (χ3n) is 2.53. The molecule has 0 fully saturated rings. The molecule has 1 aliphatic rings. The van der Waals surface area contributed by atoms with E-state index in [1.807, 2.05) is 13.8 Å². The van der Waals surface area contributed by atoms with Gasteiger partial charge in [0.25, 0.3) is 0 Å². The van der Waals surface area contributed by atoms with Crippen molar-refractivity contribution in [2.45, 2.75) is 26.9 Å². The van der Waals surface area contributed by atoms with E-state index in [0.29, 0.717) is 5.57 Å². The van der Waals surface area contributed by atoms with Gasteiger partial charge in [0.15, 0.2) is 0 Å². The van der Waals surface area contributed by atoms with Crippen molar-refractivity contribution in [1.29, 1.82) is 0 Å². The maximum absolute atomic E-state index is 11.5. The van der Waals surface area contributed by atoms with Gasteiger partial charge in [-0.3, -0.25) is 4.79 Å². The van der Waals surface area contributed by atoms with E-state index in [0.717, 1.165) is 0 Å². The van der Waals surface area contributed by atoms with E-state index in [4.69, 9.17) is 9.47 Å². The lowest BCUT2D eigenvalue weighted by molar-refractivity contribution is -0.160. The minimum absolute atomic E-state index is 0.0849. The molecule has 0 saturated carbocycles. The average Bonchev–Trinajstić information content (AvgIpc) is 2.15. The van der Waals surface area contributed by atoms with Crippen LogP contribution in [-0.4, -0.2) is 25.2 Å². The van der Waals surface area contributed by atoms with E-state index in [9.17, 15) is 9.59 Å². The summed E-state index contributed by atoms with van der Waals surface area (Å²) in [5.74, 6) is -1.12. The van der Waals surface area contributed by atoms with Crippen molar-refractivity contribution in [1.82, 2.24) is 0 Å². The Morgan fingerprint density at radius 2 is 2.13 bits per heavy atom. The zero-order valence-corrected chi connectivity index (χ0v) is 9.44. The van der Waals surface area contributed by atoms with Gasteiger partial charge in [0, 0.05) is 6.08 Å². The first kappa shape index (κ1) is 11.8. The standard InChI is InChI=1S/C11H16O4/c1-6(2)10-9(11(13)14-4)7(3)5-8(12)15-10/h5-6,9-10H,1-4H3/t9-,10-/m0/s1. The predicted octanol–water partition coefficient (Wildman–Crippen LogP) is 1.30. The summed E-state index contributed by atoms with van der Waals surface area (Å²) in [5, 5.41) is 0. The Morgan fingerprint density at radius 1 is 1.53 bits per heavy atom. The first-order chi connectivity index (χ1) is 6.97. The summed E-state index contributed by atoms with van der Waals surface area (Å²) in [4.78, 5) is 22.7. The highest BCUT2D eigenvalue weighted by molar-refractivity contribution is 5.88. The summed E-state index contributed by atoms with van der Waals surface area (Å²) in [5.41, 5.74) is 0.705. The van der Waals surface area contributed by atoms with Crippen molar-refractivity contribution in [2.75, 3.05) is 7.11 Å². The van der Waals surface area contributed by atoms with Gasteiger partial charge in [-0.2, -0.15) is 0 Å². The molecule has 1 aliphatic heterocycles. The second-order valence-electron chi connectivity index (χ2n) is 4.03. The Balaban J connectivity index is 3.00. The molecule has 0 aromatic heterocycles. The largest absolute Gasteiger partial charge is 0.468 e. The van der Waals surface area contributed by atoms with Crippen molar-refractivity contribution >= 4 is 11.9 Å². The zero-order valence-electron chi connectivity index (χ0n) is 9.44. The Hall–Kier alpha value is -1.32. The monoisotopic (exact) mass is 212 g/mol. The van der Waals surface area contributed by atoms with E-state index in [-0.39, 0.29) is 17.9 Å². The first-order valence-corrected chi connectivity index (χ1v) is 4.94. The van der Waals surface area contributed by atoms with E-state index in [1.165, 1.54) is 13.2 Å². The van der Waals surface area contributed by atoms with Gasteiger partial charge in [0.1, 0.15) is 12.0 Å². The van der Waals surface area contributed by atoms with Crippen molar-refractivity contribution in [3.8, 4) is 0 Å². The van der Waals surface area contributed by atoms with Crippen LogP contribution in [0.25, 0.3) is 0 Å². The number of carbonyl (C=O) groups is 2. The number of ether oxygens (including phenoxy) is 2. The van der Waals surface area contributed by atoms with Crippen LogP contribution in [0.4, 0.5) is 0 Å². The fourth-order valence-electron chi connectivity index (χ4n) is 1.74. The molecule has 4 nitrogen and oxygen atoms in total. The third kappa shape index (κ3) is 2.37. The number of rotatable bonds is 2. The van der Waals surface area contributed by atoms with Crippen LogP contribution in [0.1, 0.15) is 20.8 Å². The summed E-state index contributed by atoms with van der Waals surface area (Å²) in [6, 6.07) is 0. The van der Waals surface area contributed by atoms with Crippen LogP contribution in [-0.2, 0) is 19.1 Å². The van der Waals surface area contributed by atoms with Crippen molar-refractivity contribution in [2.24, 2.45) is 11.8 Å². The van der Waals surface area contributed by atoms with E-state index < -0.39 is 12.0 Å². The van der Waals surface area contributed by atoms with Gasteiger partial charge in [0.2, 0.25) is 0 Å². The molecule has 15 heavy (non-hydrogen) atoms. The van der Waals surface area contributed by atoms with Crippen LogP contribution in [0, 0.1) is 11.8 Å². The van der Waals surface area contributed by atoms with Crippen molar-refractivity contribution in [3.63, 3.8) is 0 Å². The Kier molecular flexibility index (Phi) is 3.50. The molecule has 0 N–H and O–H groups in total. The minimum Gasteiger partial charge on any atom is -0.468 e. The molecule has 4 heteroatoms. The molecular formula is C11H16O4. The highest BCUT2D eigenvalue weighted by atomic mass is 16.6. The minimum atomic E-state index is -0.465. The quantitative estimate of drug-likeness (QED) is 0.647. The van der Waals surface area contributed by atoms with Crippen LogP contribution in [0.5, 0.6) is 0 Å². The van der Waals surface area contributed by atoms with E-state index in [2.05, 4.69) is 0 Å². The maximum Gasteiger partial charge on any atom is 0.331 e. The Labute approximate surface area is 89.2 Å². The normalized spacial score (nSPS) is 25.9. The van der Waals surface area contributed by atoms with Gasteiger partial charge in [-0.1, -0.05) is 13.8 Å². The van der Waals surface area contributed by atoms with Gasteiger partial charge < -0.3 is 9.47 Å². The summed E-state index contributed by atoms with van der Waals surface area (Å²) < 4.78 is 9.84. The molecule has 0 radical (unpaired) electrons. The molecule has 0 saturated heterocycles. The molecular weight excluding hydrogens is 196 g/mol. The SMILES string of the molecule is COC(=O)[C@H]1C(C)=CC(=O)O[C@H]1C(C)C. The van der Waals surface area contributed by atoms with Gasteiger partial charge >= 0.3 is 11.9 Å². The molecule has 0 unspecified atom stereocenters. The van der Waals surface area contributed by atoms with Crippen LogP contribution in [0.15, 0.2) is 11.6 Å². The number of carbonyl (C=O) groups excluding carboxylic acids is 2. The maximum atomic E-state index is 11.5. The topological polar surface area (TPSA) is 52.6 Å². The average molecular weight is 212 g/mol. The molecule has 0 spiro atoms. The van der Waals surface area contributed by atoms with Gasteiger partial charge in [0.05, 0.1) is 7.11 Å². The highest BCUT2D eigenvalue weighted by Crippen LogP contribution is 2.28. The lowest BCUT2D eigenvalue weighted by Crippen LogP contribution is -2.40. The smallest absolute Gasteiger partial charge is 0.331 e. The van der Waals surface area contributed by atoms with Gasteiger partial charge in [-0.25, -0.2) is 4.79 Å². The van der Waals surface area contributed by atoms with Crippen LogP contribution >= 0.6 is 0 Å². The molecule has 84 valence electrons. The highest BCUT2D eigenvalue weighted by Gasteiger charge is 2.38. The van der Waals surface area contributed by atoms with Crippen LogP contribution in [0.2, 0.25) is 0 Å². The number of hydrogen-bond acceptors (Lipinski definition) is 4. The molecule has 2 atom stereocenters. The Bertz CT molecular complexity index is 304. The molecule has 1 heterocycles. The number of esters is 2. The predicted molar refractivity (Wildman–Crippen MR) is 54.0 cm³/mol. The van der Waals surface area contributed by atoms with E-state index >= 15 is 0 Å². The molecule has 0 aromatic carbocycles. The summed E-state index contributed by atoms with van der Waals surface area (Å²) in [6.07, 6.45) is 0.926. The van der Waals surface area contributed by atoms with Gasteiger partial charge in [-0.05, 0) is 18.4 Å². The summed E-state index contributed by atoms with van der Waals surface area (Å²) in [7, 11) is 1.34. The number of cyclic esters (lactones) is 1. The summed E-state index contributed by atoms with van der Waals surface area (Å²) >= 11 is 0. The lowest BCUT2D eigenvalue weighted by Gasteiger charge is -2.31. The van der Waals surface area contributed by atoms with Crippen molar-refractivity contribution < 1.29 is 19.1 Å². The number of methoxy groups -OCH3 is 1. The second-order valence-corrected chi connectivity index (χ2v) is 4.03. The lowest BCUT2D eigenvalue weighted by atomic mass is 9.86. The molecule has 0 aliphatic carbocycles. The molecule has 0 bridgehead atoms. The van der Waals surface area contributed by atoms with Gasteiger partial charge in [-0.15, -0.1) is 0 Å². The first-order valence-electron chi connectivity index (χ1n) is 4.94.